The Hall–Kier alpha value is -3.08. The first-order chi connectivity index (χ1) is 12.7. The van der Waals surface area contributed by atoms with E-state index >= 15 is 0 Å². The highest BCUT2D eigenvalue weighted by Crippen LogP contribution is 2.26. The highest BCUT2D eigenvalue weighted by Gasteiger charge is 2.11. The minimum Gasteiger partial charge on any atom is -0.486 e. The number of fused-ring (bicyclic) bond motifs is 1. The molecule has 0 unspecified atom stereocenters. The van der Waals surface area contributed by atoms with Crippen molar-refractivity contribution in [1.29, 1.82) is 0 Å². The standard InChI is InChI=1S/C21H20N2O3/c1-23-20(11-12-22-23)21(24)10-9-17-7-8-19(26-17)14-25-18-6-5-15-3-2-4-16(15)13-18/h5-13H,2-4,14H2,1H3. The van der Waals surface area contributed by atoms with Gasteiger partial charge in [0.25, 0.3) is 0 Å². The molecule has 3 aromatic rings. The number of ether oxygens (including phenoxy) is 1. The molecule has 0 amide bonds. The lowest BCUT2D eigenvalue weighted by Crippen LogP contribution is -2.03. The molecule has 0 spiro atoms. The van der Waals surface area contributed by atoms with E-state index in [2.05, 4.69) is 17.2 Å². The second kappa shape index (κ2) is 7.04. The smallest absolute Gasteiger partial charge is 0.203 e. The fourth-order valence-electron chi connectivity index (χ4n) is 3.21. The lowest BCUT2D eigenvalue weighted by atomic mass is 10.1. The first-order valence-electron chi connectivity index (χ1n) is 8.73. The van der Waals surface area contributed by atoms with E-state index in [0.717, 1.165) is 17.9 Å². The van der Waals surface area contributed by atoms with Gasteiger partial charge >= 0.3 is 0 Å². The van der Waals surface area contributed by atoms with Gasteiger partial charge < -0.3 is 9.15 Å². The number of carbonyl (C=O) groups excluding carboxylic acids is 1. The third-order valence-electron chi connectivity index (χ3n) is 4.61. The van der Waals surface area contributed by atoms with Gasteiger partial charge in [0, 0.05) is 13.2 Å². The zero-order valence-electron chi connectivity index (χ0n) is 14.6. The molecule has 0 saturated carbocycles. The zero-order chi connectivity index (χ0) is 17.9. The molecule has 5 heteroatoms. The molecule has 0 aliphatic heterocycles. The predicted molar refractivity (Wildman–Crippen MR) is 98.1 cm³/mol. The SMILES string of the molecule is Cn1nccc1C(=O)C=Cc1ccc(COc2ccc3c(c2)CCC3)o1. The minimum absolute atomic E-state index is 0.114. The molecule has 0 N–H and O–H groups in total. The fraction of sp³-hybridized carbons (Fsp3) is 0.238. The van der Waals surface area contributed by atoms with Gasteiger partial charge in [0.05, 0.1) is 0 Å². The molecule has 1 aliphatic rings. The van der Waals surface area contributed by atoms with Gasteiger partial charge in [0.2, 0.25) is 5.78 Å². The number of hydrogen-bond donors (Lipinski definition) is 0. The second-order valence-corrected chi connectivity index (χ2v) is 6.41. The van der Waals surface area contributed by atoms with Crippen molar-refractivity contribution in [2.45, 2.75) is 25.9 Å². The zero-order valence-corrected chi connectivity index (χ0v) is 14.6. The van der Waals surface area contributed by atoms with Crippen molar-refractivity contribution in [1.82, 2.24) is 9.78 Å². The highest BCUT2D eigenvalue weighted by atomic mass is 16.5. The summed E-state index contributed by atoms with van der Waals surface area (Å²) in [5, 5.41) is 3.99. The second-order valence-electron chi connectivity index (χ2n) is 6.41. The van der Waals surface area contributed by atoms with Gasteiger partial charge in [-0.05, 0) is 72.9 Å². The summed E-state index contributed by atoms with van der Waals surface area (Å²) in [6.45, 7) is 0.363. The van der Waals surface area contributed by atoms with Crippen molar-refractivity contribution in [3.63, 3.8) is 0 Å². The fourth-order valence-corrected chi connectivity index (χ4v) is 3.21. The number of rotatable bonds is 6. The van der Waals surface area contributed by atoms with E-state index in [9.17, 15) is 4.79 Å². The molecule has 4 rings (SSSR count). The molecular formula is C21H20N2O3. The Bertz CT molecular complexity index is 965. The Kier molecular flexibility index (Phi) is 4.44. The normalized spacial score (nSPS) is 13.3. The number of ketones is 1. The molecule has 0 saturated heterocycles. The van der Waals surface area contributed by atoms with Crippen LogP contribution in [0.15, 0.2) is 53.1 Å². The van der Waals surface area contributed by atoms with Crippen LogP contribution in [0.3, 0.4) is 0 Å². The molecule has 0 bridgehead atoms. The van der Waals surface area contributed by atoms with Gasteiger partial charge in [0.15, 0.2) is 0 Å². The summed E-state index contributed by atoms with van der Waals surface area (Å²) < 4.78 is 13.1. The van der Waals surface area contributed by atoms with Crippen LogP contribution in [0.25, 0.3) is 6.08 Å². The van der Waals surface area contributed by atoms with Gasteiger partial charge in [-0.3, -0.25) is 9.48 Å². The maximum absolute atomic E-state index is 12.1. The Morgan fingerprint density at radius 2 is 2.12 bits per heavy atom. The van der Waals surface area contributed by atoms with Crippen molar-refractivity contribution < 1.29 is 13.9 Å². The Labute approximate surface area is 151 Å². The van der Waals surface area contributed by atoms with Crippen LogP contribution in [-0.4, -0.2) is 15.6 Å². The topological polar surface area (TPSA) is 57.3 Å². The maximum Gasteiger partial charge on any atom is 0.203 e. The maximum atomic E-state index is 12.1. The summed E-state index contributed by atoms with van der Waals surface area (Å²) in [5.41, 5.74) is 3.35. The van der Waals surface area contributed by atoms with Gasteiger partial charge in [-0.15, -0.1) is 0 Å². The Morgan fingerprint density at radius 1 is 1.23 bits per heavy atom. The van der Waals surface area contributed by atoms with Crippen molar-refractivity contribution in [3.8, 4) is 5.75 Å². The van der Waals surface area contributed by atoms with Gasteiger partial charge in [-0.25, -0.2) is 0 Å². The van der Waals surface area contributed by atoms with Crippen molar-refractivity contribution in [2.75, 3.05) is 0 Å². The third kappa shape index (κ3) is 3.47. The molecular weight excluding hydrogens is 328 g/mol. The van der Waals surface area contributed by atoms with Crippen molar-refractivity contribution in [3.05, 3.63) is 77.0 Å². The molecule has 1 aliphatic carbocycles. The number of aromatic nitrogens is 2. The number of allylic oxidation sites excluding steroid dienone is 1. The number of hydrogen-bond acceptors (Lipinski definition) is 4. The minimum atomic E-state index is -0.114. The van der Waals surface area contributed by atoms with Crippen LogP contribution in [-0.2, 0) is 26.5 Å². The van der Waals surface area contributed by atoms with Crippen LogP contribution in [0.1, 0.15) is 39.6 Å². The molecule has 26 heavy (non-hydrogen) atoms. The van der Waals surface area contributed by atoms with Crippen LogP contribution in [0.2, 0.25) is 0 Å². The molecule has 132 valence electrons. The van der Waals surface area contributed by atoms with Gasteiger partial charge in [-0.1, -0.05) is 6.07 Å². The Morgan fingerprint density at radius 3 is 2.96 bits per heavy atom. The molecule has 5 nitrogen and oxygen atoms in total. The van der Waals surface area contributed by atoms with E-state index in [-0.39, 0.29) is 5.78 Å². The van der Waals surface area contributed by atoms with Crippen molar-refractivity contribution >= 4 is 11.9 Å². The van der Waals surface area contributed by atoms with E-state index in [1.807, 2.05) is 18.2 Å². The molecule has 0 radical (unpaired) electrons. The van der Waals surface area contributed by atoms with E-state index < -0.39 is 0 Å². The number of aryl methyl sites for hydroxylation is 3. The molecule has 0 fully saturated rings. The first kappa shape index (κ1) is 16.4. The number of benzene rings is 1. The summed E-state index contributed by atoms with van der Waals surface area (Å²) in [5.74, 6) is 2.09. The quantitative estimate of drug-likeness (QED) is 0.499. The molecule has 1 aromatic carbocycles. The van der Waals surface area contributed by atoms with Gasteiger partial charge in [0.1, 0.15) is 29.6 Å². The largest absolute Gasteiger partial charge is 0.486 e. The van der Waals surface area contributed by atoms with Crippen LogP contribution >= 0.6 is 0 Å². The Balaban J connectivity index is 1.36. The molecule has 2 heterocycles. The van der Waals surface area contributed by atoms with E-state index in [4.69, 9.17) is 9.15 Å². The van der Waals surface area contributed by atoms with Gasteiger partial charge in [-0.2, -0.15) is 5.10 Å². The number of furan rings is 1. The highest BCUT2D eigenvalue weighted by molar-refractivity contribution is 6.05. The number of carbonyl (C=O) groups is 1. The van der Waals surface area contributed by atoms with E-state index in [1.165, 1.54) is 30.0 Å². The van der Waals surface area contributed by atoms with Crippen LogP contribution in [0.4, 0.5) is 0 Å². The summed E-state index contributed by atoms with van der Waals surface area (Å²) in [4.78, 5) is 12.1. The third-order valence-corrected chi connectivity index (χ3v) is 4.61. The number of nitrogens with zero attached hydrogens (tertiary/aromatic N) is 2. The first-order valence-corrected chi connectivity index (χ1v) is 8.73. The summed E-state index contributed by atoms with van der Waals surface area (Å²) in [6.07, 6.45) is 8.27. The van der Waals surface area contributed by atoms with Crippen molar-refractivity contribution in [2.24, 2.45) is 7.05 Å². The average molecular weight is 348 g/mol. The molecule has 0 atom stereocenters. The lowest BCUT2D eigenvalue weighted by Gasteiger charge is -2.06. The van der Waals surface area contributed by atoms with Crippen LogP contribution in [0, 0.1) is 0 Å². The monoisotopic (exact) mass is 348 g/mol. The van der Waals surface area contributed by atoms with Crippen LogP contribution < -0.4 is 4.74 Å². The van der Waals surface area contributed by atoms with E-state index in [1.54, 1.807) is 30.1 Å². The summed E-state index contributed by atoms with van der Waals surface area (Å²) >= 11 is 0. The predicted octanol–water partition coefficient (Wildman–Crippen LogP) is 3.98. The molecule has 2 aromatic heterocycles. The summed E-state index contributed by atoms with van der Waals surface area (Å²) in [6, 6.07) is 11.7. The average Bonchev–Trinajstić information content (AvgIpc) is 3.38. The lowest BCUT2D eigenvalue weighted by molar-refractivity contribution is 0.103. The van der Waals surface area contributed by atoms with Crippen LogP contribution in [0.5, 0.6) is 5.75 Å². The summed E-state index contributed by atoms with van der Waals surface area (Å²) in [7, 11) is 1.74. The van der Waals surface area contributed by atoms with E-state index in [0.29, 0.717) is 18.1 Å².